The molecule has 2 aromatic rings. The minimum absolute atomic E-state index is 0.176. The van der Waals surface area contributed by atoms with E-state index in [1.54, 1.807) is 18.2 Å². The molecule has 0 saturated heterocycles. The Morgan fingerprint density at radius 2 is 1.86 bits per heavy atom. The lowest BCUT2D eigenvalue weighted by Crippen LogP contribution is -2.11. The van der Waals surface area contributed by atoms with E-state index in [2.05, 4.69) is 12.2 Å². The fourth-order valence-electron chi connectivity index (χ4n) is 1.96. The highest BCUT2D eigenvalue weighted by molar-refractivity contribution is 5.32. The van der Waals surface area contributed by atoms with Gasteiger partial charge in [0.1, 0.15) is 12.4 Å². The molecule has 112 valence electrons. The summed E-state index contributed by atoms with van der Waals surface area (Å²) >= 11 is 0. The monoisotopic (exact) mass is 289 g/mol. The summed E-state index contributed by atoms with van der Waals surface area (Å²) in [6, 6.07) is 12.8. The number of hydrogen-bond donors (Lipinski definition) is 1. The molecule has 3 nitrogen and oxygen atoms in total. The Labute approximate surface area is 124 Å². The normalized spacial score (nSPS) is 10.4. The SMILES string of the molecule is CCNCc1ccc(OCc2cccc(OC)c2F)cc1. The predicted molar refractivity (Wildman–Crippen MR) is 81.1 cm³/mol. The second kappa shape index (κ2) is 7.64. The van der Waals surface area contributed by atoms with Crippen molar-refractivity contribution in [3.63, 3.8) is 0 Å². The van der Waals surface area contributed by atoms with Gasteiger partial charge >= 0.3 is 0 Å². The molecule has 0 aromatic heterocycles. The zero-order chi connectivity index (χ0) is 15.1. The first-order valence-corrected chi connectivity index (χ1v) is 6.98. The number of rotatable bonds is 7. The molecule has 0 aliphatic heterocycles. The number of ether oxygens (including phenoxy) is 2. The lowest BCUT2D eigenvalue weighted by atomic mass is 10.2. The van der Waals surface area contributed by atoms with Gasteiger partial charge in [-0.05, 0) is 30.3 Å². The summed E-state index contributed by atoms with van der Waals surface area (Å²) in [5.74, 6) is 0.582. The van der Waals surface area contributed by atoms with Gasteiger partial charge in [0.2, 0.25) is 0 Å². The Kier molecular flexibility index (Phi) is 5.58. The van der Waals surface area contributed by atoms with E-state index in [9.17, 15) is 4.39 Å². The van der Waals surface area contributed by atoms with E-state index in [4.69, 9.17) is 9.47 Å². The molecule has 0 atom stereocenters. The molecular weight excluding hydrogens is 269 g/mol. The molecule has 4 heteroatoms. The van der Waals surface area contributed by atoms with Crippen LogP contribution in [0.2, 0.25) is 0 Å². The molecule has 0 aliphatic carbocycles. The number of hydrogen-bond acceptors (Lipinski definition) is 3. The Balaban J connectivity index is 1.97. The molecule has 0 unspecified atom stereocenters. The number of nitrogens with one attached hydrogen (secondary N) is 1. The van der Waals surface area contributed by atoms with Gasteiger partial charge < -0.3 is 14.8 Å². The molecule has 0 heterocycles. The maximum atomic E-state index is 14.0. The van der Waals surface area contributed by atoms with E-state index >= 15 is 0 Å². The summed E-state index contributed by atoms with van der Waals surface area (Å²) in [6.45, 7) is 4.02. The van der Waals surface area contributed by atoms with E-state index in [1.807, 2.05) is 24.3 Å². The second-order valence-corrected chi connectivity index (χ2v) is 4.65. The number of halogens is 1. The zero-order valence-corrected chi connectivity index (χ0v) is 12.4. The fraction of sp³-hybridized carbons (Fsp3) is 0.294. The summed E-state index contributed by atoms with van der Waals surface area (Å²) in [6.07, 6.45) is 0. The lowest BCUT2D eigenvalue weighted by Gasteiger charge is -2.10. The van der Waals surface area contributed by atoms with Crippen molar-refractivity contribution in [3.05, 3.63) is 59.4 Å². The van der Waals surface area contributed by atoms with Crippen LogP contribution in [0.15, 0.2) is 42.5 Å². The molecule has 0 aliphatic rings. The maximum absolute atomic E-state index is 14.0. The highest BCUT2D eigenvalue weighted by atomic mass is 19.1. The molecule has 2 aromatic carbocycles. The predicted octanol–water partition coefficient (Wildman–Crippen LogP) is 3.52. The van der Waals surface area contributed by atoms with Crippen LogP contribution in [0, 0.1) is 5.82 Å². The van der Waals surface area contributed by atoms with Crippen LogP contribution in [0.3, 0.4) is 0 Å². The Bertz CT molecular complexity index is 570. The van der Waals surface area contributed by atoms with Gasteiger partial charge in [-0.1, -0.05) is 31.2 Å². The first kappa shape index (κ1) is 15.3. The van der Waals surface area contributed by atoms with Crippen molar-refractivity contribution in [2.75, 3.05) is 13.7 Å². The topological polar surface area (TPSA) is 30.5 Å². The van der Waals surface area contributed by atoms with E-state index < -0.39 is 0 Å². The van der Waals surface area contributed by atoms with Crippen molar-refractivity contribution in [2.24, 2.45) is 0 Å². The van der Waals surface area contributed by atoms with E-state index in [0.717, 1.165) is 18.8 Å². The van der Waals surface area contributed by atoms with Gasteiger partial charge in [-0.15, -0.1) is 0 Å². The van der Waals surface area contributed by atoms with Gasteiger partial charge in [0.25, 0.3) is 0 Å². The smallest absolute Gasteiger partial charge is 0.171 e. The fourth-order valence-corrected chi connectivity index (χ4v) is 1.96. The average molecular weight is 289 g/mol. The summed E-state index contributed by atoms with van der Waals surface area (Å²) in [4.78, 5) is 0. The van der Waals surface area contributed by atoms with E-state index in [0.29, 0.717) is 5.56 Å². The summed E-state index contributed by atoms with van der Waals surface area (Å²) in [5, 5.41) is 3.26. The van der Waals surface area contributed by atoms with Crippen LogP contribution in [0.5, 0.6) is 11.5 Å². The van der Waals surface area contributed by atoms with Crippen LogP contribution in [0.1, 0.15) is 18.1 Å². The zero-order valence-electron chi connectivity index (χ0n) is 12.4. The molecule has 0 saturated carbocycles. The molecule has 1 N–H and O–H groups in total. The summed E-state index contributed by atoms with van der Waals surface area (Å²) < 4.78 is 24.5. The van der Waals surface area contributed by atoms with Crippen molar-refractivity contribution >= 4 is 0 Å². The van der Waals surface area contributed by atoms with Crippen molar-refractivity contribution < 1.29 is 13.9 Å². The van der Waals surface area contributed by atoms with Crippen molar-refractivity contribution in [2.45, 2.75) is 20.1 Å². The Morgan fingerprint density at radius 3 is 2.52 bits per heavy atom. The van der Waals surface area contributed by atoms with E-state index in [-0.39, 0.29) is 18.2 Å². The minimum atomic E-state index is -0.372. The quantitative estimate of drug-likeness (QED) is 0.846. The van der Waals surface area contributed by atoms with Gasteiger partial charge in [-0.2, -0.15) is 0 Å². The highest BCUT2D eigenvalue weighted by Crippen LogP contribution is 2.21. The van der Waals surface area contributed by atoms with Gasteiger partial charge in [0.05, 0.1) is 7.11 Å². The van der Waals surface area contributed by atoms with Crippen molar-refractivity contribution in [3.8, 4) is 11.5 Å². The second-order valence-electron chi connectivity index (χ2n) is 4.65. The molecule has 0 radical (unpaired) electrons. The highest BCUT2D eigenvalue weighted by Gasteiger charge is 2.08. The Morgan fingerprint density at radius 1 is 1.10 bits per heavy atom. The first-order chi connectivity index (χ1) is 10.2. The minimum Gasteiger partial charge on any atom is -0.494 e. The molecule has 0 bridgehead atoms. The third-order valence-corrected chi connectivity index (χ3v) is 3.16. The molecular formula is C17H20FNO2. The van der Waals surface area contributed by atoms with Crippen LogP contribution in [0.25, 0.3) is 0 Å². The van der Waals surface area contributed by atoms with Gasteiger partial charge in [0.15, 0.2) is 11.6 Å². The third kappa shape index (κ3) is 4.20. The standard InChI is InChI=1S/C17H20FNO2/c1-3-19-11-13-7-9-15(10-8-13)21-12-14-5-4-6-16(20-2)17(14)18/h4-10,19H,3,11-12H2,1-2H3. The molecule has 2 rings (SSSR count). The number of methoxy groups -OCH3 is 1. The maximum Gasteiger partial charge on any atom is 0.171 e. The molecule has 0 fully saturated rings. The third-order valence-electron chi connectivity index (χ3n) is 3.16. The van der Waals surface area contributed by atoms with Crippen LogP contribution in [-0.2, 0) is 13.2 Å². The molecule has 0 amide bonds. The first-order valence-electron chi connectivity index (χ1n) is 6.98. The molecule has 0 spiro atoms. The largest absolute Gasteiger partial charge is 0.494 e. The van der Waals surface area contributed by atoms with Crippen LogP contribution in [-0.4, -0.2) is 13.7 Å². The molecule has 21 heavy (non-hydrogen) atoms. The van der Waals surface area contributed by atoms with Crippen molar-refractivity contribution in [1.82, 2.24) is 5.32 Å². The van der Waals surface area contributed by atoms with Gasteiger partial charge in [0, 0.05) is 12.1 Å². The van der Waals surface area contributed by atoms with E-state index in [1.165, 1.54) is 12.7 Å². The number of benzene rings is 2. The van der Waals surface area contributed by atoms with Crippen LogP contribution >= 0.6 is 0 Å². The summed E-state index contributed by atoms with van der Waals surface area (Å²) in [5.41, 5.74) is 1.67. The average Bonchev–Trinajstić information content (AvgIpc) is 2.53. The lowest BCUT2D eigenvalue weighted by molar-refractivity contribution is 0.295. The van der Waals surface area contributed by atoms with Crippen LogP contribution in [0.4, 0.5) is 4.39 Å². The van der Waals surface area contributed by atoms with Gasteiger partial charge in [-0.3, -0.25) is 0 Å². The van der Waals surface area contributed by atoms with Gasteiger partial charge in [-0.25, -0.2) is 4.39 Å². The van der Waals surface area contributed by atoms with Crippen molar-refractivity contribution in [1.29, 1.82) is 0 Å². The van der Waals surface area contributed by atoms with Crippen LogP contribution < -0.4 is 14.8 Å². The summed E-state index contributed by atoms with van der Waals surface area (Å²) in [7, 11) is 1.45. The Hall–Kier alpha value is -2.07.